The number of carbonyl (C=O) groups is 2. The summed E-state index contributed by atoms with van der Waals surface area (Å²) in [6.45, 7) is 2.96. The summed E-state index contributed by atoms with van der Waals surface area (Å²) in [4.78, 5) is 52.5. The lowest BCUT2D eigenvalue weighted by molar-refractivity contribution is -0.129. The first-order valence-electron chi connectivity index (χ1n) is 9.64. The third-order valence-electron chi connectivity index (χ3n) is 5.50. The molecule has 2 amide bonds. The minimum atomic E-state index is -0.271. The molecule has 4 heterocycles. The fourth-order valence-corrected chi connectivity index (χ4v) is 3.97. The predicted octanol–water partition coefficient (Wildman–Crippen LogP) is 1.44. The number of nitrogens with zero attached hydrogens (tertiary/aromatic N) is 4. The highest BCUT2D eigenvalue weighted by atomic mass is 16.2. The predicted molar refractivity (Wildman–Crippen MR) is 102 cm³/mol. The zero-order chi connectivity index (χ0) is 19.7. The van der Waals surface area contributed by atoms with E-state index in [9.17, 15) is 14.4 Å². The van der Waals surface area contributed by atoms with Gasteiger partial charge in [0.2, 0.25) is 5.91 Å². The minimum Gasteiger partial charge on any atom is -0.338 e. The monoisotopic (exact) mass is 381 g/mol. The molecule has 146 valence electrons. The third-order valence-corrected chi connectivity index (χ3v) is 5.50. The number of H-pyrrole nitrogens is 1. The Morgan fingerprint density at radius 2 is 2.07 bits per heavy atom. The van der Waals surface area contributed by atoms with Gasteiger partial charge in [-0.15, -0.1) is 0 Å². The van der Waals surface area contributed by atoms with Crippen LogP contribution in [0.3, 0.4) is 0 Å². The van der Waals surface area contributed by atoms with E-state index in [-0.39, 0.29) is 30.0 Å². The van der Waals surface area contributed by atoms with Crippen molar-refractivity contribution in [2.75, 3.05) is 13.1 Å². The van der Waals surface area contributed by atoms with Gasteiger partial charge >= 0.3 is 0 Å². The second-order valence-corrected chi connectivity index (χ2v) is 7.29. The van der Waals surface area contributed by atoms with Crippen molar-refractivity contribution in [2.45, 2.75) is 45.2 Å². The van der Waals surface area contributed by atoms with E-state index in [2.05, 4.69) is 9.97 Å². The van der Waals surface area contributed by atoms with Gasteiger partial charge < -0.3 is 14.8 Å². The number of hydrogen-bond acceptors (Lipinski definition) is 5. The van der Waals surface area contributed by atoms with Crippen LogP contribution in [0.15, 0.2) is 29.2 Å². The standard InChI is InChI=1S/C20H23N5O3/c1-13(26)24-11-8-15-14(12-24)19(27)23-18(22-15)17-7-3-5-10-25(17)20(28)16-6-2-4-9-21-16/h2,4,6,9,17H,3,5,7-8,10-12H2,1H3,(H,22,23,27). The summed E-state index contributed by atoms with van der Waals surface area (Å²) in [6, 6.07) is 5.00. The Kier molecular flexibility index (Phi) is 4.93. The number of nitrogens with one attached hydrogen (secondary N) is 1. The molecule has 0 radical (unpaired) electrons. The van der Waals surface area contributed by atoms with Crippen molar-refractivity contribution in [3.63, 3.8) is 0 Å². The molecule has 2 aliphatic heterocycles. The molecule has 4 rings (SSSR count). The highest BCUT2D eigenvalue weighted by Crippen LogP contribution is 2.30. The number of hydrogen-bond donors (Lipinski definition) is 1. The van der Waals surface area contributed by atoms with E-state index < -0.39 is 0 Å². The van der Waals surface area contributed by atoms with Crippen molar-refractivity contribution < 1.29 is 9.59 Å². The molecule has 8 heteroatoms. The zero-order valence-electron chi connectivity index (χ0n) is 15.9. The van der Waals surface area contributed by atoms with Crippen LogP contribution in [-0.2, 0) is 17.8 Å². The number of amides is 2. The molecular formula is C20H23N5O3. The van der Waals surface area contributed by atoms with Crippen LogP contribution in [0.2, 0.25) is 0 Å². The SMILES string of the molecule is CC(=O)N1CCc2nc(C3CCCCN3C(=O)c3ccccn3)[nH]c(=O)c2C1. The van der Waals surface area contributed by atoms with Gasteiger partial charge in [-0.3, -0.25) is 19.4 Å². The van der Waals surface area contributed by atoms with Gasteiger partial charge in [0, 0.05) is 32.6 Å². The number of rotatable bonds is 2. The summed E-state index contributed by atoms with van der Waals surface area (Å²) in [7, 11) is 0. The Bertz CT molecular complexity index is 956. The molecule has 1 atom stereocenters. The van der Waals surface area contributed by atoms with E-state index in [1.165, 1.54) is 6.92 Å². The van der Waals surface area contributed by atoms with Crippen LogP contribution in [0.4, 0.5) is 0 Å². The lowest BCUT2D eigenvalue weighted by atomic mass is 9.99. The molecule has 1 saturated heterocycles. The van der Waals surface area contributed by atoms with E-state index >= 15 is 0 Å². The Morgan fingerprint density at radius 1 is 1.21 bits per heavy atom. The molecule has 1 fully saturated rings. The van der Waals surface area contributed by atoms with E-state index in [0.717, 1.165) is 25.0 Å². The number of likely N-dealkylation sites (tertiary alicyclic amines) is 1. The van der Waals surface area contributed by atoms with Crippen LogP contribution in [-0.4, -0.2) is 49.7 Å². The van der Waals surface area contributed by atoms with Crippen molar-refractivity contribution >= 4 is 11.8 Å². The Labute approximate surface area is 162 Å². The first-order chi connectivity index (χ1) is 13.5. The van der Waals surface area contributed by atoms with E-state index in [4.69, 9.17) is 4.98 Å². The summed E-state index contributed by atoms with van der Waals surface area (Å²) in [6.07, 6.45) is 4.78. The summed E-state index contributed by atoms with van der Waals surface area (Å²) in [5.74, 6) is 0.339. The average molecular weight is 381 g/mol. The molecule has 2 aliphatic rings. The van der Waals surface area contributed by atoms with Crippen molar-refractivity contribution in [1.82, 2.24) is 24.8 Å². The number of pyridine rings is 1. The first kappa shape index (κ1) is 18.3. The molecule has 8 nitrogen and oxygen atoms in total. The van der Waals surface area contributed by atoms with Crippen LogP contribution < -0.4 is 5.56 Å². The van der Waals surface area contributed by atoms with Gasteiger partial charge in [0.05, 0.1) is 23.8 Å². The summed E-state index contributed by atoms with van der Waals surface area (Å²) >= 11 is 0. The van der Waals surface area contributed by atoms with Crippen molar-refractivity contribution in [3.8, 4) is 0 Å². The second-order valence-electron chi connectivity index (χ2n) is 7.29. The number of carbonyl (C=O) groups excluding carboxylic acids is 2. The topological polar surface area (TPSA) is 99.3 Å². The van der Waals surface area contributed by atoms with Crippen LogP contribution in [0.25, 0.3) is 0 Å². The Balaban J connectivity index is 1.66. The van der Waals surface area contributed by atoms with Crippen molar-refractivity contribution in [2.24, 2.45) is 0 Å². The molecule has 0 aliphatic carbocycles. The van der Waals surface area contributed by atoms with Gasteiger partial charge in [0.15, 0.2) is 0 Å². The molecule has 0 spiro atoms. The molecule has 0 saturated carbocycles. The largest absolute Gasteiger partial charge is 0.338 e. The van der Waals surface area contributed by atoms with Gasteiger partial charge in [-0.2, -0.15) is 0 Å². The molecule has 0 bridgehead atoms. The van der Waals surface area contributed by atoms with E-state index in [0.29, 0.717) is 36.6 Å². The number of piperidine rings is 1. The molecular weight excluding hydrogens is 358 g/mol. The van der Waals surface area contributed by atoms with Gasteiger partial charge in [0.1, 0.15) is 11.5 Å². The molecule has 1 unspecified atom stereocenters. The van der Waals surface area contributed by atoms with Gasteiger partial charge in [-0.05, 0) is 31.4 Å². The zero-order valence-corrected chi connectivity index (χ0v) is 15.9. The molecule has 1 N–H and O–H groups in total. The maximum atomic E-state index is 13.0. The number of aromatic amines is 1. The van der Waals surface area contributed by atoms with Crippen molar-refractivity contribution in [1.29, 1.82) is 0 Å². The number of aromatic nitrogens is 3. The lowest BCUT2D eigenvalue weighted by Crippen LogP contribution is -2.42. The van der Waals surface area contributed by atoms with Crippen LogP contribution >= 0.6 is 0 Å². The second kappa shape index (κ2) is 7.53. The molecule has 2 aromatic rings. The third kappa shape index (κ3) is 3.42. The summed E-state index contributed by atoms with van der Waals surface area (Å²) < 4.78 is 0. The van der Waals surface area contributed by atoms with E-state index in [1.807, 2.05) is 0 Å². The fraction of sp³-hybridized carbons (Fsp3) is 0.450. The van der Waals surface area contributed by atoms with Gasteiger partial charge in [0.25, 0.3) is 11.5 Å². The van der Waals surface area contributed by atoms with Crippen LogP contribution in [0, 0.1) is 0 Å². The normalized spacial score (nSPS) is 19.2. The lowest BCUT2D eigenvalue weighted by Gasteiger charge is -2.35. The minimum absolute atomic E-state index is 0.0476. The summed E-state index contributed by atoms with van der Waals surface area (Å²) in [5.41, 5.74) is 1.45. The van der Waals surface area contributed by atoms with Crippen LogP contribution in [0.5, 0.6) is 0 Å². The molecule has 28 heavy (non-hydrogen) atoms. The quantitative estimate of drug-likeness (QED) is 0.849. The Morgan fingerprint density at radius 3 is 2.82 bits per heavy atom. The summed E-state index contributed by atoms with van der Waals surface area (Å²) in [5, 5.41) is 0. The first-order valence-corrected chi connectivity index (χ1v) is 9.64. The van der Waals surface area contributed by atoms with Crippen LogP contribution in [0.1, 0.15) is 59.8 Å². The van der Waals surface area contributed by atoms with E-state index in [1.54, 1.807) is 34.2 Å². The molecule has 0 aromatic carbocycles. The number of fused-ring (bicyclic) bond motifs is 1. The fourth-order valence-electron chi connectivity index (χ4n) is 3.97. The highest BCUT2D eigenvalue weighted by molar-refractivity contribution is 5.92. The molecule has 2 aromatic heterocycles. The van der Waals surface area contributed by atoms with Gasteiger partial charge in [-0.1, -0.05) is 6.07 Å². The van der Waals surface area contributed by atoms with Crippen molar-refractivity contribution in [3.05, 3.63) is 57.5 Å². The Hall–Kier alpha value is -3.03. The maximum Gasteiger partial charge on any atom is 0.273 e. The van der Waals surface area contributed by atoms with Gasteiger partial charge in [-0.25, -0.2) is 4.98 Å². The smallest absolute Gasteiger partial charge is 0.273 e. The highest BCUT2D eigenvalue weighted by Gasteiger charge is 2.32. The maximum absolute atomic E-state index is 13.0. The average Bonchev–Trinajstić information content (AvgIpc) is 2.73.